The number of nitrogens with two attached hydrogens (primary N) is 1. The Morgan fingerprint density at radius 2 is 2.24 bits per heavy atom. The van der Waals surface area contributed by atoms with Gasteiger partial charge in [0.15, 0.2) is 0 Å². The standard InChI is InChI=1S/C15H17NO/c1-10-3-2-4-11(7-10)14-9-17-15-8-12(16)5-6-13(14)15/h2-4,7,9,12H,5-6,8,16H2,1H3. The zero-order valence-electron chi connectivity index (χ0n) is 10.1. The minimum atomic E-state index is 0.263. The highest BCUT2D eigenvalue weighted by molar-refractivity contribution is 5.68. The zero-order chi connectivity index (χ0) is 11.8. The molecule has 17 heavy (non-hydrogen) atoms. The van der Waals surface area contributed by atoms with E-state index in [0.29, 0.717) is 0 Å². The van der Waals surface area contributed by atoms with Crippen LogP contribution in [0.5, 0.6) is 0 Å². The van der Waals surface area contributed by atoms with Gasteiger partial charge in [0.05, 0.1) is 6.26 Å². The van der Waals surface area contributed by atoms with Crippen molar-refractivity contribution >= 4 is 0 Å². The Labute approximate surface area is 101 Å². The SMILES string of the molecule is Cc1cccc(-c2coc3c2CCC(N)C3)c1. The van der Waals surface area contributed by atoms with Gasteiger partial charge in [0.25, 0.3) is 0 Å². The van der Waals surface area contributed by atoms with Crippen molar-refractivity contribution in [3.05, 3.63) is 47.4 Å². The van der Waals surface area contributed by atoms with Crippen LogP contribution in [-0.2, 0) is 12.8 Å². The van der Waals surface area contributed by atoms with Crippen LogP contribution in [0.2, 0.25) is 0 Å². The minimum absolute atomic E-state index is 0.263. The quantitative estimate of drug-likeness (QED) is 0.813. The van der Waals surface area contributed by atoms with E-state index < -0.39 is 0 Å². The molecule has 0 saturated carbocycles. The summed E-state index contributed by atoms with van der Waals surface area (Å²) in [6, 6.07) is 8.83. The molecule has 1 aromatic carbocycles. The summed E-state index contributed by atoms with van der Waals surface area (Å²) in [4.78, 5) is 0. The van der Waals surface area contributed by atoms with Crippen LogP contribution in [0.25, 0.3) is 11.1 Å². The largest absolute Gasteiger partial charge is 0.468 e. The maximum atomic E-state index is 5.96. The van der Waals surface area contributed by atoms with Crippen molar-refractivity contribution in [1.29, 1.82) is 0 Å². The molecule has 1 unspecified atom stereocenters. The zero-order valence-corrected chi connectivity index (χ0v) is 10.1. The molecule has 0 saturated heterocycles. The van der Waals surface area contributed by atoms with Gasteiger partial charge in [0.2, 0.25) is 0 Å². The molecule has 0 aliphatic heterocycles. The van der Waals surface area contributed by atoms with Crippen molar-refractivity contribution < 1.29 is 4.42 Å². The average molecular weight is 227 g/mol. The molecule has 2 N–H and O–H groups in total. The number of fused-ring (bicyclic) bond motifs is 1. The Bertz CT molecular complexity index is 542. The number of benzene rings is 1. The van der Waals surface area contributed by atoms with Gasteiger partial charge in [-0.1, -0.05) is 29.8 Å². The van der Waals surface area contributed by atoms with Gasteiger partial charge in [-0.05, 0) is 25.3 Å². The normalized spacial score (nSPS) is 19.1. The van der Waals surface area contributed by atoms with Gasteiger partial charge in [0.1, 0.15) is 5.76 Å². The molecule has 1 aromatic heterocycles. The Morgan fingerprint density at radius 1 is 1.35 bits per heavy atom. The van der Waals surface area contributed by atoms with Crippen LogP contribution in [0.15, 0.2) is 34.9 Å². The first-order valence-corrected chi connectivity index (χ1v) is 6.16. The lowest BCUT2D eigenvalue weighted by atomic mass is 9.90. The summed E-state index contributed by atoms with van der Waals surface area (Å²) < 4.78 is 5.67. The topological polar surface area (TPSA) is 39.2 Å². The fourth-order valence-corrected chi connectivity index (χ4v) is 2.59. The van der Waals surface area contributed by atoms with Crippen LogP contribution in [0, 0.1) is 6.92 Å². The average Bonchev–Trinajstić information content (AvgIpc) is 2.71. The molecule has 2 heteroatoms. The lowest BCUT2D eigenvalue weighted by molar-refractivity contribution is 0.449. The van der Waals surface area contributed by atoms with Crippen LogP contribution in [0.1, 0.15) is 23.3 Å². The van der Waals surface area contributed by atoms with Gasteiger partial charge in [0, 0.05) is 23.6 Å². The summed E-state index contributed by atoms with van der Waals surface area (Å²) in [6.07, 6.45) is 4.86. The van der Waals surface area contributed by atoms with Crippen molar-refractivity contribution in [2.24, 2.45) is 5.73 Å². The summed E-state index contributed by atoms with van der Waals surface area (Å²) in [5, 5.41) is 0. The van der Waals surface area contributed by atoms with Gasteiger partial charge >= 0.3 is 0 Å². The predicted octanol–water partition coefficient (Wildman–Crippen LogP) is 3.07. The van der Waals surface area contributed by atoms with E-state index in [1.807, 2.05) is 6.26 Å². The van der Waals surface area contributed by atoms with Gasteiger partial charge in [-0.25, -0.2) is 0 Å². The van der Waals surface area contributed by atoms with E-state index >= 15 is 0 Å². The third-order valence-corrected chi connectivity index (χ3v) is 3.52. The second-order valence-corrected chi connectivity index (χ2v) is 4.92. The molecule has 0 bridgehead atoms. The van der Waals surface area contributed by atoms with Gasteiger partial charge in [-0.2, -0.15) is 0 Å². The minimum Gasteiger partial charge on any atom is -0.468 e. The molecule has 0 radical (unpaired) electrons. The molecule has 1 atom stereocenters. The number of aryl methyl sites for hydroxylation is 1. The molecule has 2 nitrogen and oxygen atoms in total. The van der Waals surface area contributed by atoms with E-state index in [1.165, 1.54) is 22.3 Å². The molecule has 0 spiro atoms. The van der Waals surface area contributed by atoms with Crippen LogP contribution < -0.4 is 5.73 Å². The number of furan rings is 1. The van der Waals surface area contributed by atoms with Crippen molar-refractivity contribution in [2.75, 3.05) is 0 Å². The second kappa shape index (κ2) is 4.04. The van der Waals surface area contributed by atoms with Gasteiger partial charge in [-0.15, -0.1) is 0 Å². The van der Waals surface area contributed by atoms with E-state index in [9.17, 15) is 0 Å². The smallest absolute Gasteiger partial charge is 0.109 e. The Kier molecular flexibility index (Phi) is 2.52. The molecule has 3 rings (SSSR count). The molecule has 1 aliphatic carbocycles. The molecule has 0 amide bonds. The Hall–Kier alpha value is -1.54. The number of hydrogen-bond donors (Lipinski definition) is 1. The summed E-state index contributed by atoms with van der Waals surface area (Å²) >= 11 is 0. The first-order valence-electron chi connectivity index (χ1n) is 6.16. The van der Waals surface area contributed by atoms with Crippen LogP contribution in [0.3, 0.4) is 0 Å². The monoisotopic (exact) mass is 227 g/mol. The summed E-state index contributed by atoms with van der Waals surface area (Å²) in [5.41, 5.74) is 11.1. The Morgan fingerprint density at radius 3 is 3.06 bits per heavy atom. The molecule has 1 aliphatic rings. The first-order chi connectivity index (χ1) is 8.24. The van der Waals surface area contributed by atoms with E-state index in [0.717, 1.165) is 25.0 Å². The van der Waals surface area contributed by atoms with Gasteiger partial charge < -0.3 is 10.2 Å². The fraction of sp³-hybridized carbons (Fsp3) is 0.333. The van der Waals surface area contributed by atoms with E-state index in [1.54, 1.807) is 0 Å². The highest BCUT2D eigenvalue weighted by atomic mass is 16.3. The van der Waals surface area contributed by atoms with Gasteiger partial charge in [-0.3, -0.25) is 0 Å². The lowest BCUT2D eigenvalue weighted by Gasteiger charge is -2.17. The van der Waals surface area contributed by atoms with Crippen molar-refractivity contribution in [3.8, 4) is 11.1 Å². The van der Waals surface area contributed by atoms with Crippen molar-refractivity contribution in [2.45, 2.75) is 32.2 Å². The molecular formula is C15H17NO. The van der Waals surface area contributed by atoms with E-state index in [2.05, 4.69) is 31.2 Å². The molecule has 0 fully saturated rings. The molecule has 88 valence electrons. The lowest BCUT2D eigenvalue weighted by Crippen LogP contribution is -2.27. The first kappa shape index (κ1) is 10.6. The van der Waals surface area contributed by atoms with E-state index in [4.69, 9.17) is 10.2 Å². The molecule has 1 heterocycles. The molecular weight excluding hydrogens is 210 g/mol. The summed E-state index contributed by atoms with van der Waals surface area (Å²) in [7, 11) is 0. The maximum Gasteiger partial charge on any atom is 0.109 e. The third-order valence-electron chi connectivity index (χ3n) is 3.52. The van der Waals surface area contributed by atoms with Crippen molar-refractivity contribution in [3.63, 3.8) is 0 Å². The van der Waals surface area contributed by atoms with Crippen LogP contribution >= 0.6 is 0 Å². The summed E-state index contributed by atoms with van der Waals surface area (Å²) in [6.45, 7) is 2.12. The summed E-state index contributed by atoms with van der Waals surface area (Å²) in [5.74, 6) is 1.08. The Balaban J connectivity index is 2.05. The van der Waals surface area contributed by atoms with E-state index in [-0.39, 0.29) is 6.04 Å². The second-order valence-electron chi connectivity index (χ2n) is 4.92. The highest BCUT2D eigenvalue weighted by Crippen LogP contribution is 2.33. The highest BCUT2D eigenvalue weighted by Gasteiger charge is 2.22. The number of hydrogen-bond acceptors (Lipinski definition) is 2. The fourth-order valence-electron chi connectivity index (χ4n) is 2.59. The third kappa shape index (κ3) is 1.89. The van der Waals surface area contributed by atoms with Crippen molar-refractivity contribution in [1.82, 2.24) is 0 Å². The number of rotatable bonds is 1. The van der Waals surface area contributed by atoms with Crippen LogP contribution in [-0.4, -0.2) is 6.04 Å². The molecule has 2 aromatic rings. The maximum absolute atomic E-state index is 5.96. The predicted molar refractivity (Wildman–Crippen MR) is 68.9 cm³/mol. The van der Waals surface area contributed by atoms with Crippen LogP contribution in [0.4, 0.5) is 0 Å².